The second kappa shape index (κ2) is 8.37. The van der Waals surface area contributed by atoms with Crippen molar-refractivity contribution >= 4 is 42.4 Å². The number of sulfone groups is 1. The summed E-state index contributed by atoms with van der Waals surface area (Å²) in [7, 11) is -3.32. The molecule has 0 atom stereocenters. The van der Waals surface area contributed by atoms with Gasteiger partial charge in [0.2, 0.25) is 0 Å². The Balaban J connectivity index is 1.66. The number of carbonyl (C=O) groups is 1. The monoisotopic (exact) mass is 440 g/mol. The average molecular weight is 441 g/mol. The Morgan fingerprint density at radius 2 is 1.87 bits per heavy atom. The van der Waals surface area contributed by atoms with E-state index >= 15 is 0 Å². The Kier molecular flexibility index (Phi) is 5.65. The molecule has 2 heterocycles. The molecule has 2 aromatic heterocycles. The molecule has 9 heteroatoms. The van der Waals surface area contributed by atoms with E-state index in [-0.39, 0.29) is 16.6 Å². The SMILES string of the molecule is CCS(=O)(=O)c1ccc(C(=O)N(CCn2cccn2)c2nc3ccccc3s2)cc1. The van der Waals surface area contributed by atoms with Crippen molar-refractivity contribution < 1.29 is 13.2 Å². The van der Waals surface area contributed by atoms with Gasteiger partial charge in [0.1, 0.15) is 0 Å². The topological polar surface area (TPSA) is 85.2 Å². The van der Waals surface area contributed by atoms with E-state index in [9.17, 15) is 13.2 Å². The zero-order valence-electron chi connectivity index (χ0n) is 16.3. The lowest BCUT2D eigenvalue weighted by Crippen LogP contribution is -2.34. The van der Waals surface area contributed by atoms with Crippen LogP contribution in [0, 0.1) is 0 Å². The highest BCUT2D eigenvalue weighted by Crippen LogP contribution is 2.29. The first-order valence-corrected chi connectivity index (χ1v) is 11.9. The van der Waals surface area contributed by atoms with E-state index < -0.39 is 9.84 Å². The van der Waals surface area contributed by atoms with Crippen molar-refractivity contribution in [3.8, 4) is 0 Å². The average Bonchev–Trinajstić information content (AvgIpc) is 3.43. The maximum Gasteiger partial charge on any atom is 0.260 e. The van der Waals surface area contributed by atoms with Crippen molar-refractivity contribution in [1.82, 2.24) is 14.8 Å². The second-order valence-electron chi connectivity index (χ2n) is 6.62. The zero-order chi connectivity index (χ0) is 21.1. The highest BCUT2D eigenvalue weighted by atomic mass is 32.2. The molecule has 0 spiro atoms. The van der Waals surface area contributed by atoms with Crippen molar-refractivity contribution in [2.45, 2.75) is 18.4 Å². The maximum atomic E-state index is 13.3. The van der Waals surface area contributed by atoms with Gasteiger partial charge in [0.25, 0.3) is 5.91 Å². The van der Waals surface area contributed by atoms with Crippen LogP contribution in [0.2, 0.25) is 0 Å². The Morgan fingerprint density at radius 1 is 1.10 bits per heavy atom. The van der Waals surface area contributed by atoms with Crippen molar-refractivity contribution in [3.63, 3.8) is 0 Å². The minimum atomic E-state index is -3.32. The van der Waals surface area contributed by atoms with E-state index in [0.29, 0.717) is 23.8 Å². The number of nitrogens with zero attached hydrogens (tertiary/aromatic N) is 4. The normalized spacial score (nSPS) is 11.6. The lowest BCUT2D eigenvalue weighted by molar-refractivity contribution is 0.0985. The Bertz CT molecular complexity index is 1230. The Hall–Kier alpha value is -3.04. The Labute approximate surface area is 178 Å². The van der Waals surface area contributed by atoms with Crippen molar-refractivity contribution in [3.05, 3.63) is 72.6 Å². The van der Waals surface area contributed by atoms with E-state index in [1.54, 1.807) is 34.8 Å². The van der Waals surface area contributed by atoms with E-state index in [4.69, 9.17) is 0 Å². The van der Waals surface area contributed by atoms with Crippen LogP contribution in [-0.2, 0) is 16.4 Å². The molecular formula is C21H20N4O3S2. The minimum Gasteiger partial charge on any atom is -0.282 e. The molecule has 0 aliphatic heterocycles. The third kappa shape index (κ3) is 4.12. The summed E-state index contributed by atoms with van der Waals surface area (Å²) in [5, 5.41) is 4.80. The smallest absolute Gasteiger partial charge is 0.260 e. The van der Waals surface area contributed by atoms with Gasteiger partial charge in [-0.3, -0.25) is 14.4 Å². The second-order valence-corrected chi connectivity index (χ2v) is 9.91. The molecule has 0 bridgehead atoms. The Morgan fingerprint density at radius 3 is 2.53 bits per heavy atom. The molecule has 0 aliphatic carbocycles. The molecule has 1 amide bonds. The predicted octanol–water partition coefficient (Wildman–Crippen LogP) is 3.63. The third-order valence-corrected chi connectivity index (χ3v) is 7.52. The molecule has 0 N–H and O–H groups in total. The molecule has 7 nitrogen and oxygen atoms in total. The van der Waals surface area contributed by atoms with Crippen molar-refractivity contribution in [2.75, 3.05) is 17.2 Å². The van der Waals surface area contributed by atoms with Crippen molar-refractivity contribution in [1.29, 1.82) is 0 Å². The molecule has 0 saturated heterocycles. The van der Waals surface area contributed by atoms with Crippen LogP contribution in [0.5, 0.6) is 0 Å². The lowest BCUT2D eigenvalue weighted by atomic mass is 10.2. The van der Waals surface area contributed by atoms with Crippen LogP contribution in [0.3, 0.4) is 0 Å². The number of fused-ring (bicyclic) bond motifs is 1. The molecule has 0 saturated carbocycles. The molecule has 2 aromatic carbocycles. The summed E-state index contributed by atoms with van der Waals surface area (Å²) in [6, 6.07) is 15.6. The fourth-order valence-corrected chi connectivity index (χ4v) is 4.90. The number of para-hydroxylation sites is 1. The first kappa shape index (κ1) is 20.2. The number of rotatable bonds is 7. The lowest BCUT2D eigenvalue weighted by Gasteiger charge is -2.20. The number of amides is 1. The molecule has 0 radical (unpaired) electrons. The van der Waals surface area contributed by atoms with Gasteiger partial charge in [-0.2, -0.15) is 5.10 Å². The molecule has 30 heavy (non-hydrogen) atoms. The van der Waals surface area contributed by atoms with E-state index in [0.717, 1.165) is 10.2 Å². The van der Waals surface area contributed by atoms with Gasteiger partial charge in [-0.25, -0.2) is 13.4 Å². The summed E-state index contributed by atoms with van der Waals surface area (Å²) in [6.07, 6.45) is 3.53. The molecule has 0 aliphatic rings. The highest BCUT2D eigenvalue weighted by Gasteiger charge is 2.22. The highest BCUT2D eigenvalue weighted by molar-refractivity contribution is 7.91. The summed E-state index contributed by atoms with van der Waals surface area (Å²) in [6.45, 7) is 2.49. The molecular weight excluding hydrogens is 420 g/mol. The van der Waals surface area contributed by atoms with Crippen LogP contribution in [0.1, 0.15) is 17.3 Å². The number of anilines is 1. The summed E-state index contributed by atoms with van der Waals surface area (Å²) >= 11 is 1.45. The number of benzene rings is 2. The fraction of sp³-hybridized carbons (Fsp3) is 0.190. The van der Waals surface area contributed by atoms with Crippen molar-refractivity contribution in [2.24, 2.45) is 0 Å². The molecule has 154 valence electrons. The van der Waals surface area contributed by atoms with Crippen LogP contribution >= 0.6 is 11.3 Å². The number of hydrogen-bond acceptors (Lipinski definition) is 6. The number of aromatic nitrogens is 3. The number of carbonyl (C=O) groups excluding carboxylic acids is 1. The van der Waals surface area contributed by atoms with Crippen LogP contribution in [0.4, 0.5) is 5.13 Å². The van der Waals surface area contributed by atoms with Crippen LogP contribution in [-0.4, -0.2) is 41.4 Å². The summed E-state index contributed by atoms with van der Waals surface area (Å²) < 4.78 is 26.9. The number of hydrogen-bond donors (Lipinski definition) is 0. The standard InChI is InChI=1S/C21H20N4O3S2/c1-2-30(27,28)17-10-8-16(9-11-17)20(26)25(15-14-24-13-5-12-22-24)21-23-18-6-3-4-7-19(18)29-21/h3-13H,2,14-15H2,1H3. The first-order valence-electron chi connectivity index (χ1n) is 9.45. The van der Waals surface area contributed by atoms with Gasteiger partial charge in [-0.05, 0) is 42.5 Å². The largest absolute Gasteiger partial charge is 0.282 e. The number of thiazole rings is 1. The minimum absolute atomic E-state index is 0.0159. The summed E-state index contributed by atoms with van der Waals surface area (Å²) in [5.74, 6) is -0.219. The van der Waals surface area contributed by atoms with Crippen LogP contribution < -0.4 is 4.90 Å². The van der Waals surface area contributed by atoms with Gasteiger partial charge in [-0.1, -0.05) is 30.4 Å². The van der Waals surface area contributed by atoms with Crippen LogP contribution in [0.25, 0.3) is 10.2 Å². The quantitative estimate of drug-likeness (QED) is 0.438. The third-order valence-electron chi connectivity index (χ3n) is 4.71. The molecule has 4 rings (SSSR count). The maximum absolute atomic E-state index is 13.3. The molecule has 4 aromatic rings. The first-order chi connectivity index (χ1) is 14.5. The molecule has 0 unspecified atom stereocenters. The van der Waals surface area contributed by atoms with Gasteiger partial charge in [0.15, 0.2) is 15.0 Å². The van der Waals surface area contributed by atoms with Gasteiger partial charge >= 0.3 is 0 Å². The van der Waals surface area contributed by atoms with Gasteiger partial charge in [0.05, 0.1) is 27.4 Å². The van der Waals surface area contributed by atoms with E-state index in [2.05, 4.69) is 10.1 Å². The van der Waals surface area contributed by atoms with E-state index in [1.807, 2.05) is 36.5 Å². The van der Waals surface area contributed by atoms with Gasteiger partial charge in [0, 0.05) is 24.5 Å². The zero-order valence-corrected chi connectivity index (χ0v) is 17.9. The summed E-state index contributed by atoms with van der Waals surface area (Å²) in [4.78, 5) is 19.8. The van der Waals surface area contributed by atoms with Gasteiger partial charge < -0.3 is 0 Å². The summed E-state index contributed by atoms with van der Waals surface area (Å²) in [5.41, 5.74) is 1.24. The van der Waals surface area contributed by atoms with Gasteiger partial charge in [-0.15, -0.1) is 0 Å². The molecule has 0 fully saturated rings. The predicted molar refractivity (Wildman–Crippen MR) is 118 cm³/mol. The van der Waals surface area contributed by atoms with E-state index in [1.165, 1.54) is 23.5 Å². The van der Waals surface area contributed by atoms with Crippen LogP contribution in [0.15, 0.2) is 71.9 Å². The fourth-order valence-electron chi connectivity index (χ4n) is 3.02.